The first kappa shape index (κ1) is 12.7. The molecule has 0 radical (unpaired) electrons. The van der Waals surface area contributed by atoms with Crippen LogP contribution in [0.25, 0.3) is 0 Å². The van der Waals surface area contributed by atoms with Crippen molar-refractivity contribution in [2.75, 3.05) is 7.11 Å². The molecule has 4 rings (SSSR count). The number of aryl methyl sites for hydroxylation is 1. The molecule has 1 heteroatoms. The van der Waals surface area contributed by atoms with Gasteiger partial charge in [-0.1, -0.05) is 31.7 Å². The topological polar surface area (TPSA) is 9.23 Å². The van der Waals surface area contributed by atoms with Gasteiger partial charge in [-0.3, -0.25) is 0 Å². The van der Waals surface area contributed by atoms with Crippen LogP contribution in [0.4, 0.5) is 0 Å². The molecule has 3 aliphatic rings. The van der Waals surface area contributed by atoms with Crippen LogP contribution < -0.4 is 4.74 Å². The van der Waals surface area contributed by atoms with Gasteiger partial charge in [0.05, 0.1) is 7.11 Å². The molecule has 0 heterocycles. The second-order valence-electron chi connectivity index (χ2n) is 7.16. The van der Waals surface area contributed by atoms with Crippen LogP contribution in [0.5, 0.6) is 5.75 Å². The van der Waals surface area contributed by atoms with Gasteiger partial charge in [-0.25, -0.2) is 0 Å². The van der Waals surface area contributed by atoms with E-state index in [-0.39, 0.29) is 0 Å². The van der Waals surface area contributed by atoms with Crippen LogP contribution in [0.15, 0.2) is 18.2 Å². The van der Waals surface area contributed by atoms with Crippen molar-refractivity contribution in [1.29, 1.82) is 0 Å². The van der Waals surface area contributed by atoms with Gasteiger partial charge in [0.25, 0.3) is 0 Å². The van der Waals surface area contributed by atoms with Crippen LogP contribution in [-0.2, 0) is 6.42 Å². The van der Waals surface area contributed by atoms with E-state index in [9.17, 15) is 0 Å². The number of fused-ring (bicyclic) bond motifs is 5. The van der Waals surface area contributed by atoms with Crippen molar-refractivity contribution in [3.05, 3.63) is 29.3 Å². The lowest BCUT2D eigenvalue weighted by Gasteiger charge is -2.37. The average Bonchev–Trinajstić information content (AvgIpc) is 2.88. The summed E-state index contributed by atoms with van der Waals surface area (Å²) in [5, 5.41) is 0. The highest BCUT2D eigenvalue weighted by Crippen LogP contribution is 2.53. The molecule has 0 bridgehead atoms. The molecule has 0 N–H and O–H groups in total. The van der Waals surface area contributed by atoms with Gasteiger partial charge in [-0.2, -0.15) is 0 Å². The molecule has 3 aliphatic carbocycles. The lowest BCUT2D eigenvalue weighted by molar-refractivity contribution is 0.218. The first-order valence-electron chi connectivity index (χ1n) is 8.53. The second-order valence-corrected chi connectivity index (χ2v) is 7.16. The summed E-state index contributed by atoms with van der Waals surface area (Å²) < 4.78 is 5.41. The standard InChI is InChI=1S/C19H26O/c1-20-15-9-11-17-14(12-15)8-10-19-16-6-2-4-13(16)5-3-7-18(17)19/h9,11-13,16,18-19H,2-8,10H2,1H3. The number of hydrogen-bond acceptors (Lipinski definition) is 1. The summed E-state index contributed by atoms with van der Waals surface area (Å²) in [7, 11) is 1.78. The van der Waals surface area contributed by atoms with E-state index in [1.54, 1.807) is 18.2 Å². The Balaban J connectivity index is 1.69. The van der Waals surface area contributed by atoms with Crippen molar-refractivity contribution >= 4 is 0 Å². The summed E-state index contributed by atoms with van der Waals surface area (Å²) in [4.78, 5) is 0. The predicted molar refractivity (Wildman–Crippen MR) is 82.2 cm³/mol. The Morgan fingerprint density at radius 2 is 1.80 bits per heavy atom. The third kappa shape index (κ3) is 1.98. The zero-order chi connectivity index (χ0) is 13.5. The van der Waals surface area contributed by atoms with Crippen LogP contribution in [0.2, 0.25) is 0 Å². The number of hydrogen-bond donors (Lipinski definition) is 0. The van der Waals surface area contributed by atoms with Gasteiger partial charge in [0, 0.05) is 0 Å². The van der Waals surface area contributed by atoms with Crippen LogP contribution >= 0.6 is 0 Å². The zero-order valence-corrected chi connectivity index (χ0v) is 12.6. The van der Waals surface area contributed by atoms with Gasteiger partial charge in [0.2, 0.25) is 0 Å². The number of rotatable bonds is 1. The van der Waals surface area contributed by atoms with E-state index in [1.807, 2.05) is 0 Å². The monoisotopic (exact) mass is 270 g/mol. The maximum atomic E-state index is 5.41. The third-order valence-electron chi connectivity index (χ3n) is 6.37. The van der Waals surface area contributed by atoms with Crippen LogP contribution in [0.1, 0.15) is 62.0 Å². The van der Waals surface area contributed by atoms with E-state index >= 15 is 0 Å². The average molecular weight is 270 g/mol. The summed E-state index contributed by atoms with van der Waals surface area (Å²) >= 11 is 0. The minimum absolute atomic E-state index is 0.845. The molecule has 108 valence electrons. The number of ether oxygens (including phenoxy) is 1. The molecule has 0 aliphatic heterocycles. The minimum Gasteiger partial charge on any atom is -0.497 e. The molecular formula is C19H26O. The fourth-order valence-corrected chi connectivity index (χ4v) is 5.51. The predicted octanol–water partition coefficient (Wildman–Crippen LogP) is 4.94. The third-order valence-corrected chi connectivity index (χ3v) is 6.37. The highest BCUT2D eigenvalue weighted by molar-refractivity contribution is 5.40. The van der Waals surface area contributed by atoms with Crippen molar-refractivity contribution in [3.8, 4) is 5.75 Å². The molecule has 1 aromatic carbocycles. The molecule has 20 heavy (non-hydrogen) atoms. The SMILES string of the molecule is COc1ccc2c(c1)CCC1C2CCCC2CCCC21. The zero-order valence-electron chi connectivity index (χ0n) is 12.6. The molecule has 2 saturated carbocycles. The van der Waals surface area contributed by atoms with Gasteiger partial charge < -0.3 is 4.74 Å². The minimum atomic E-state index is 0.845. The second kappa shape index (κ2) is 5.09. The Bertz CT molecular complexity index is 493. The summed E-state index contributed by atoms with van der Waals surface area (Å²) in [6.07, 6.45) is 11.6. The van der Waals surface area contributed by atoms with E-state index in [0.29, 0.717) is 0 Å². The Morgan fingerprint density at radius 1 is 0.950 bits per heavy atom. The van der Waals surface area contributed by atoms with Crippen LogP contribution in [0, 0.1) is 17.8 Å². The normalized spacial score (nSPS) is 35.6. The van der Waals surface area contributed by atoms with Crippen molar-refractivity contribution in [2.24, 2.45) is 17.8 Å². The maximum Gasteiger partial charge on any atom is 0.119 e. The highest BCUT2D eigenvalue weighted by Gasteiger charge is 2.42. The first-order chi connectivity index (χ1) is 9.86. The number of benzene rings is 1. The largest absolute Gasteiger partial charge is 0.497 e. The lowest BCUT2D eigenvalue weighted by atomic mass is 9.67. The summed E-state index contributed by atoms with van der Waals surface area (Å²) in [6, 6.07) is 6.85. The van der Waals surface area contributed by atoms with E-state index in [4.69, 9.17) is 4.74 Å². The highest BCUT2D eigenvalue weighted by atomic mass is 16.5. The van der Waals surface area contributed by atoms with E-state index in [0.717, 1.165) is 29.4 Å². The van der Waals surface area contributed by atoms with E-state index < -0.39 is 0 Å². The molecule has 1 aromatic rings. The molecular weight excluding hydrogens is 244 g/mol. The lowest BCUT2D eigenvalue weighted by Crippen LogP contribution is -2.27. The molecule has 2 fully saturated rings. The maximum absolute atomic E-state index is 5.41. The van der Waals surface area contributed by atoms with Crippen molar-refractivity contribution in [2.45, 2.75) is 57.3 Å². The number of methoxy groups -OCH3 is 1. The van der Waals surface area contributed by atoms with Crippen molar-refractivity contribution < 1.29 is 4.74 Å². The summed E-state index contributed by atoms with van der Waals surface area (Å²) in [5.74, 6) is 4.96. The molecule has 0 spiro atoms. The quantitative estimate of drug-likeness (QED) is 0.702. The van der Waals surface area contributed by atoms with Crippen LogP contribution in [0.3, 0.4) is 0 Å². The van der Waals surface area contributed by atoms with Crippen molar-refractivity contribution in [1.82, 2.24) is 0 Å². The van der Waals surface area contributed by atoms with Gasteiger partial charge in [0.15, 0.2) is 0 Å². The van der Waals surface area contributed by atoms with Gasteiger partial charge >= 0.3 is 0 Å². The van der Waals surface area contributed by atoms with Crippen LogP contribution in [-0.4, -0.2) is 7.11 Å². The molecule has 4 unspecified atom stereocenters. The van der Waals surface area contributed by atoms with E-state index in [1.165, 1.54) is 51.4 Å². The summed E-state index contributed by atoms with van der Waals surface area (Å²) in [6.45, 7) is 0. The molecule has 0 saturated heterocycles. The first-order valence-corrected chi connectivity index (χ1v) is 8.53. The Kier molecular flexibility index (Phi) is 3.24. The Hall–Kier alpha value is -0.980. The van der Waals surface area contributed by atoms with E-state index in [2.05, 4.69) is 18.2 Å². The molecule has 0 amide bonds. The van der Waals surface area contributed by atoms with Gasteiger partial charge in [-0.15, -0.1) is 0 Å². The Morgan fingerprint density at radius 3 is 2.65 bits per heavy atom. The van der Waals surface area contributed by atoms with Crippen molar-refractivity contribution in [3.63, 3.8) is 0 Å². The molecule has 1 nitrogen and oxygen atoms in total. The smallest absolute Gasteiger partial charge is 0.119 e. The summed E-state index contributed by atoms with van der Waals surface area (Å²) in [5.41, 5.74) is 3.23. The molecule has 0 aromatic heterocycles. The molecule has 4 atom stereocenters. The fraction of sp³-hybridized carbons (Fsp3) is 0.684. The Labute approximate surface area is 122 Å². The van der Waals surface area contributed by atoms with Gasteiger partial charge in [-0.05, 0) is 72.6 Å². The fourth-order valence-electron chi connectivity index (χ4n) is 5.51. The van der Waals surface area contributed by atoms with Gasteiger partial charge in [0.1, 0.15) is 5.75 Å².